The molecule has 1 fully saturated rings. The van der Waals surface area contributed by atoms with Crippen LogP contribution in [0.25, 0.3) is 0 Å². The molecule has 1 aliphatic rings. The van der Waals surface area contributed by atoms with Crippen LogP contribution in [-0.4, -0.2) is 18.5 Å². The van der Waals surface area contributed by atoms with Gasteiger partial charge < -0.3 is 4.74 Å². The first-order valence-corrected chi connectivity index (χ1v) is 6.59. The Labute approximate surface area is 90.4 Å². The fourth-order valence-corrected chi connectivity index (χ4v) is 3.03. The second-order valence-corrected chi connectivity index (χ2v) is 4.70. The van der Waals surface area contributed by atoms with E-state index in [1.165, 1.54) is 38.5 Å². The standard InChI is InChI=1S/C11H21BrO/c1-2-13-9-8-11(10-12)6-4-3-5-7-11/h2-10H2,1H3. The molecule has 0 aromatic carbocycles. The summed E-state index contributed by atoms with van der Waals surface area (Å²) in [6.07, 6.45) is 8.29. The van der Waals surface area contributed by atoms with Crippen LogP contribution in [0, 0.1) is 5.41 Å². The zero-order valence-corrected chi connectivity index (χ0v) is 10.2. The van der Waals surface area contributed by atoms with Crippen molar-refractivity contribution < 1.29 is 4.74 Å². The molecule has 0 bridgehead atoms. The monoisotopic (exact) mass is 248 g/mol. The number of ether oxygens (including phenoxy) is 1. The lowest BCUT2D eigenvalue weighted by atomic mass is 9.74. The second kappa shape index (κ2) is 6.02. The molecular formula is C11H21BrO. The van der Waals surface area contributed by atoms with Crippen LogP contribution in [0.1, 0.15) is 45.4 Å². The Hall–Kier alpha value is 0.440. The van der Waals surface area contributed by atoms with Gasteiger partial charge in [0, 0.05) is 18.5 Å². The molecule has 0 aromatic heterocycles. The summed E-state index contributed by atoms with van der Waals surface area (Å²) in [5, 5.41) is 1.16. The summed E-state index contributed by atoms with van der Waals surface area (Å²) in [6.45, 7) is 3.88. The number of hydrogen-bond donors (Lipinski definition) is 0. The summed E-state index contributed by atoms with van der Waals surface area (Å²) >= 11 is 3.66. The topological polar surface area (TPSA) is 9.23 Å². The molecule has 0 N–H and O–H groups in total. The van der Waals surface area contributed by atoms with Gasteiger partial charge in [-0.2, -0.15) is 0 Å². The van der Waals surface area contributed by atoms with E-state index in [4.69, 9.17) is 4.74 Å². The molecule has 0 saturated heterocycles. The van der Waals surface area contributed by atoms with Crippen LogP contribution in [0.2, 0.25) is 0 Å². The third-order valence-electron chi connectivity index (χ3n) is 3.18. The van der Waals surface area contributed by atoms with Gasteiger partial charge in [-0.25, -0.2) is 0 Å². The lowest BCUT2D eigenvalue weighted by Gasteiger charge is -2.35. The van der Waals surface area contributed by atoms with E-state index in [2.05, 4.69) is 22.9 Å². The largest absolute Gasteiger partial charge is 0.382 e. The first-order valence-electron chi connectivity index (χ1n) is 5.47. The van der Waals surface area contributed by atoms with Gasteiger partial charge in [0.05, 0.1) is 0 Å². The molecule has 0 radical (unpaired) electrons. The molecule has 0 heterocycles. The van der Waals surface area contributed by atoms with Crippen molar-refractivity contribution in [3.63, 3.8) is 0 Å². The van der Waals surface area contributed by atoms with Gasteiger partial charge in [0.1, 0.15) is 0 Å². The Morgan fingerprint density at radius 3 is 2.46 bits per heavy atom. The quantitative estimate of drug-likeness (QED) is 0.532. The second-order valence-electron chi connectivity index (χ2n) is 4.14. The summed E-state index contributed by atoms with van der Waals surface area (Å²) in [4.78, 5) is 0. The van der Waals surface area contributed by atoms with Crippen LogP contribution in [0.15, 0.2) is 0 Å². The molecule has 1 rings (SSSR count). The van der Waals surface area contributed by atoms with Crippen LogP contribution in [-0.2, 0) is 4.74 Å². The van der Waals surface area contributed by atoms with Gasteiger partial charge in [-0.05, 0) is 31.6 Å². The van der Waals surface area contributed by atoms with E-state index in [0.29, 0.717) is 5.41 Å². The Morgan fingerprint density at radius 1 is 1.23 bits per heavy atom. The van der Waals surface area contributed by atoms with Gasteiger partial charge >= 0.3 is 0 Å². The maximum absolute atomic E-state index is 5.44. The normalized spacial score (nSPS) is 21.7. The zero-order chi connectivity index (χ0) is 9.57. The molecule has 2 heteroatoms. The van der Waals surface area contributed by atoms with E-state index < -0.39 is 0 Å². The first-order chi connectivity index (χ1) is 6.33. The fourth-order valence-electron chi connectivity index (χ4n) is 2.19. The van der Waals surface area contributed by atoms with E-state index in [1.54, 1.807) is 0 Å². The molecule has 1 nitrogen and oxygen atoms in total. The summed E-state index contributed by atoms with van der Waals surface area (Å²) in [5.41, 5.74) is 0.563. The minimum Gasteiger partial charge on any atom is -0.382 e. The average molecular weight is 249 g/mol. The Morgan fingerprint density at radius 2 is 1.92 bits per heavy atom. The lowest BCUT2D eigenvalue weighted by molar-refractivity contribution is 0.0931. The molecule has 0 spiro atoms. The molecule has 13 heavy (non-hydrogen) atoms. The van der Waals surface area contributed by atoms with Gasteiger partial charge in [-0.3, -0.25) is 0 Å². The van der Waals surface area contributed by atoms with Gasteiger partial charge in [0.2, 0.25) is 0 Å². The Balaban J connectivity index is 2.29. The van der Waals surface area contributed by atoms with E-state index in [9.17, 15) is 0 Å². The molecule has 0 amide bonds. The van der Waals surface area contributed by atoms with Crippen molar-refractivity contribution in [2.45, 2.75) is 45.4 Å². The Bertz CT molecular complexity index is 130. The van der Waals surface area contributed by atoms with Crippen molar-refractivity contribution in [1.82, 2.24) is 0 Å². The average Bonchev–Trinajstić information content (AvgIpc) is 2.20. The molecular weight excluding hydrogens is 228 g/mol. The highest BCUT2D eigenvalue weighted by atomic mass is 79.9. The maximum atomic E-state index is 5.44. The first kappa shape index (κ1) is 11.5. The smallest absolute Gasteiger partial charge is 0.0471 e. The zero-order valence-electron chi connectivity index (χ0n) is 8.65. The van der Waals surface area contributed by atoms with Crippen LogP contribution >= 0.6 is 15.9 Å². The van der Waals surface area contributed by atoms with Crippen LogP contribution < -0.4 is 0 Å². The van der Waals surface area contributed by atoms with Crippen molar-refractivity contribution in [2.24, 2.45) is 5.41 Å². The molecule has 0 aliphatic heterocycles. The molecule has 78 valence electrons. The van der Waals surface area contributed by atoms with E-state index in [1.807, 2.05) is 0 Å². The van der Waals surface area contributed by atoms with Gasteiger partial charge in [-0.1, -0.05) is 35.2 Å². The Kier molecular flexibility index (Phi) is 5.34. The number of rotatable bonds is 5. The van der Waals surface area contributed by atoms with E-state index in [-0.39, 0.29) is 0 Å². The van der Waals surface area contributed by atoms with Crippen LogP contribution in [0.5, 0.6) is 0 Å². The van der Waals surface area contributed by atoms with Gasteiger partial charge in [-0.15, -0.1) is 0 Å². The highest BCUT2D eigenvalue weighted by molar-refractivity contribution is 9.09. The lowest BCUT2D eigenvalue weighted by Crippen LogP contribution is -2.27. The van der Waals surface area contributed by atoms with Gasteiger partial charge in [0.15, 0.2) is 0 Å². The number of alkyl halides is 1. The van der Waals surface area contributed by atoms with E-state index in [0.717, 1.165) is 18.5 Å². The molecule has 1 aliphatic carbocycles. The SMILES string of the molecule is CCOCCC1(CBr)CCCCC1. The third kappa shape index (κ3) is 3.59. The maximum Gasteiger partial charge on any atom is 0.0471 e. The minimum absolute atomic E-state index is 0.563. The predicted octanol–water partition coefficient (Wildman–Crippen LogP) is 3.76. The molecule has 0 atom stereocenters. The highest BCUT2D eigenvalue weighted by Crippen LogP contribution is 2.40. The third-order valence-corrected chi connectivity index (χ3v) is 4.37. The fraction of sp³-hybridized carbons (Fsp3) is 1.00. The molecule has 0 aromatic rings. The summed E-state index contributed by atoms with van der Waals surface area (Å²) in [5.74, 6) is 0. The number of halogens is 1. The predicted molar refractivity (Wildman–Crippen MR) is 60.4 cm³/mol. The minimum atomic E-state index is 0.563. The summed E-state index contributed by atoms with van der Waals surface area (Å²) in [7, 11) is 0. The van der Waals surface area contributed by atoms with Crippen molar-refractivity contribution in [3.8, 4) is 0 Å². The molecule has 1 saturated carbocycles. The van der Waals surface area contributed by atoms with E-state index >= 15 is 0 Å². The van der Waals surface area contributed by atoms with Gasteiger partial charge in [0.25, 0.3) is 0 Å². The van der Waals surface area contributed by atoms with Crippen LogP contribution in [0.4, 0.5) is 0 Å². The summed E-state index contributed by atoms with van der Waals surface area (Å²) < 4.78 is 5.44. The van der Waals surface area contributed by atoms with Crippen LogP contribution in [0.3, 0.4) is 0 Å². The van der Waals surface area contributed by atoms with Crippen molar-refractivity contribution >= 4 is 15.9 Å². The van der Waals surface area contributed by atoms with Crippen molar-refractivity contribution in [1.29, 1.82) is 0 Å². The summed E-state index contributed by atoms with van der Waals surface area (Å²) in [6, 6.07) is 0. The molecule has 0 unspecified atom stereocenters. The van der Waals surface area contributed by atoms with Crippen molar-refractivity contribution in [3.05, 3.63) is 0 Å². The van der Waals surface area contributed by atoms with Crippen molar-refractivity contribution in [2.75, 3.05) is 18.5 Å². The number of hydrogen-bond acceptors (Lipinski definition) is 1. The highest BCUT2D eigenvalue weighted by Gasteiger charge is 2.30.